The molecule has 8 fully saturated rings. The Balaban J connectivity index is 0.694. The Bertz CT molecular complexity index is 2500. The van der Waals surface area contributed by atoms with Crippen molar-refractivity contribution in [3.05, 3.63) is 59.7 Å². The van der Waals surface area contributed by atoms with E-state index < -0.39 is 159 Å². The van der Waals surface area contributed by atoms with Crippen molar-refractivity contribution in [1.82, 2.24) is 19.6 Å². The van der Waals surface area contributed by atoms with Crippen LogP contribution in [-0.2, 0) is 37.9 Å². The van der Waals surface area contributed by atoms with Crippen molar-refractivity contribution in [2.75, 3.05) is 78.5 Å². The van der Waals surface area contributed by atoms with Gasteiger partial charge >= 0.3 is 0 Å². The zero-order chi connectivity index (χ0) is 64.6. The molecule has 10 rings (SSSR count). The van der Waals surface area contributed by atoms with E-state index in [0.717, 1.165) is 0 Å². The molecule has 6 aliphatic heterocycles. The average Bonchev–Trinajstić information content (AvgIpc) is 0.946. The molecule has 90 heavy (non-hydrogen) atoms. The van der Waals surface area contributed by atoms with Gasteiger partial charge in [-0.15, -0.1) is 0 Å². The van der Waals surface area contributed by atoms with Crippen molar-refractivity contribution in [2.45, 2.75) is 198 Å². The summed E-state index contributed by atoms with van der Waals surface area (Å²) in [5.41, 5.74) is 65.6. The molecule has 506 valence electrons. The number of carbonyl (C=O) groups excluding carboxylic acids is 2. The molecule has 30 nitrogen and oxygen atoms in total. The molecule has 2 aliphatic carbocycles. The zero-order valence-electron chi connectivity index (χ0n) is 51.4. The molecular weight excluding hydrogens is 1170 g/mol. The number of aliphatic hydroxyl groups excluding tert-OH is 6. The third-order valence-electron chi connectivity index (χ3n) is 20.1. The number of nitrogens with two attached hydrogens (primary N) is 10. The van der Waals surface area contributed by atoms with Gasteiger partial charge in [0.15, 0.2) is 25.2 Å². The number of carbonyl (C=O) groups is 2. The van der Waals surface area contributed by atoms with Crippen molar-refractivity contribution in [3.8, 4) is 11.1 Å². The Kier molecular flexibility index (Phi) is 23.0. The van der Waals surface area contributed by atoms with E-state index >= 15 is 0 Å². The minimum Gasteiger partial charge on any atom is -0.390 e. The van der Waals surface area contributed by atoms with E-state index in [4.69, 9.17) is 95.2 Å². The van der Waals surface area contributed by atoms with Crippen LogP contribution in [0, 0.1) is 11.8 Å². The first kappa shape index (κ1) is 69.2. The topological polar surface area (TPSA) is 503 Å². The van der Waals surface area contributed by atoms with Gasteiger partial charge in [-0.25, -0.2) is 0 Å². The Morgan fingerprint density at radius 2 is 0.767 bits per heavy atom. The Labute approximate surface area is 524 Å². The molecule has 0 bridgehead atoms. The van der Waals surface area contributed by atoms with Crippen LogP contribution in [0.15, 0.2) is 48.5 Å². The normalized spacial score (nSPS) is 43.5. The maximum absolute atomic E-state index is 14.5. The van der Waals surface area contributed by atoms with E-state index in [1.165, 1.54) is 0 Å². The number of aliphatic hydroxyl groups is 6. The van der Waals surface area contributed by atoms with Crippen LogP contribution in [0.2, 0.25) is 0 Å². The third kappa shape index (κ3) is 14.9. The molecule has 6 saturated heterocycles. The van der Waals surface area contributed by atoms with Crippen molar-refractivity contribution in [1.29, 1.82) is 0 Å². The number of benzene rings is 2. The number of amides is 2. The number of nitrogens with zero attached hydrogens (tertiary/aromatic N) is 4. The number of piperazine rings is 2. The van der Waals surface area contributed by atoms with E-state index in [1.54, 1.807) is 21.9 Å². The predicted molar refractivity (Wildman–Crippen MR) is 325 cm³/mol. The van der Waals surface area contributed by atoms with Crippen LogP contribution in [0.4, 0.5) is 0 Å². The second kappa shape index (κ2) is 30.0. The van der Waals surface area contributed by atoms with Crippen molar-refractivity contribution >= 4 is 11.8 Å². The Hall–Kier alpha value is -3.66. The van der Waals surface area contributed by atoms with Gasteiger partial charge < -0.3 is 136 Å². The van der Waals surface area contributed by atoms with Crippen LogP contribution in [0.25, 0.3) is 11.1 Å². The molecule has 2 aromatic carbocycles. The van der Waals surface area contributed by atoms with E-state index in [9.17, 15) is 40.2 Å². The molecule has 0 aromatic heterocycles. The zero-order valence-corrected chi connectivity index (χ0v) is 51.4. The average molecular weight is 1270 g/mol. The molecule has 12 unspecified atom stereocenters. The lowest BCUT2D eigenvalue weighted by molar-refractivity contribution is -0.307. The monoisotopic (exact) mass is 1270 g/mol. The quantitative estimate of drug-likeness (QED) is 0.0700. The molecule has 2 amide bonds. The van der Waals surface area contributed by atoms with Gasteiger partial charge in [0.2, 0.25) is 0 Å². The lowest BCUT2D eigenvalue weighted by atomic mass is 9.83. The van der Waals surface area contributed by atoms with E-state index in [0.29, 0.717) is 87.7 Å². The summed E-state index contributed by atoms with van der Waals surface area (Å²) in [5.74, 6) is -1.02. The lowest BCUT2D eigenvalue weighted by Gasteiger charge is -2.49. The van der Waals surface area contributed by atoms with Gasteiger partial charge in [0, 0.05) is 138 Å². The van der Waals surface area contributed by atoms with Gasteiger partial charge in [0.25, 0.3) is 11.8 Å². The summed E-state index contributed by atoms with van der Waals surface area (Å²) in [6.07, 6.45) is -17.4. The fraction of sp³-hybridized carbons (Fsp3) is 0.767. The van der Waals surface area contributed by atoms with Crippen LogP contribution in [0.5, 0.6) is 0 Å². The molecule has 0 spiro atoms. The second-order valence-corrected chi connectivity index (χ2v) is 26.2. The van der Waals surface area contributed by atoms with Crippen LogP contribution >= 0.6 is 0 Å². The number of hydrogen-bond acceptors (Lipinski definition) is 28. The highest BCUT2D eigenvalue weighted by Gasteiger charge is 2.53. The summed E-state index contributed by atoms with van der Waals surface area (Å²) in [7, 11) is 0. The first-order chi connectivity index (χ1) is 43.0. The highest BCUT2D eigenvalue weighted by Crippen LogP contribution is 2.37. The van der Waals surface area contributed by atoms with Gasteiger partial charge in [-0.2, -0.15) is 0 Å². The first-order valence-electron chi connectivity index (χ1n) is 31.9. The highest BCUT2D eigenvalue weighted by molar-refractivity contribution is 6.06. The molecule has 28 atom stereocenters. The summed E-state index contributed by atoms with van der Waals surface area (Å²) in [4.78, 5) is 37.1. The minimum atomic E-state index is -1.36. The van der Waals surface area contributed by atoms with E-state index in [-0.39, 0.29) is 62.4 Å². The van der Waals surface area contributed by atoms with Gasteiger partial charge in [0.05, 0.1) is 48.7 Å². The van der Waals surface area contributed by atoms with Gasteiger partial charge in [-0.05, 0) is 62.8 Å². The second-order valence-electron chi connectivity index (χ2n) is 26.2. The SMILES string of the molecule is C[C@H]1OC(O[C@H]2C(N)CC(N)C(OC3O[C@H](CN)[C@H](O)C[C@H]3N)[C@@H]2O)C(O)[C@H](N)[C@@H]1CN1CCN(C(=O)c2ccccc2-c2ccccc2C(=O)N2CCN(C[C@@H]3[C@@H](C)OC(O[C@H]4C(N)CC(N)C(OC5O[C@H](CN)[C@H](O)C[C@H]5N)[C@@H]4O)C(O)[C@@H]3N)CC2)CC1. The third-order valence-corrected chi connectivity index (χ3v) is 20.1. The first-order valence-corrected chi connectivity index (χ1v) is 31.9. The summed E-state index contributed by atoms with van der Waals surface area (Å²) >= 11 is 0. The van der Waals surface area contributed by atoms with Crippen LogP contribution in [0.1, 0.15) is 60.2 Å². The minimum absolute atomic E-state index is 0.0361. The molecule has 26 N–H and O–H groups in total. The maximum Gasteiger partial charge on any atom is 0.254 e. The summed E-state index contributed by atoms with van der Waals surface area (Å²) in [6, 6.07) is 8.68. The number of hydrogen-bond donors (Lipinski definition) is 16. The lowest BCUT2D eigenvalue weighted by Crippen LogP contribution is -2.67. The number of ether oxygens (including phenoxy) is 8. The standard InChI is InChI=1S/C60H100N14O16/c1-27-33(45(69)47(77)59(83-27)89-53-37(65)19-35(63)51(49(53)79)87-57-39(67)21-41(75)43(23-61)85-57)25-71-11-15-73(16-12-71)55(81)31-9-5-3-7-29(31)30-8-4-6-10-32(30)56(82)74-17-13-72(14-18-74)26-34-28(2)84-60(48(78)46(34)70)90-54-38(66)20-36(64)52(50(54)80)88-58-40(68)22-42(76)44(24-62)86-58/h3-10,27-28,33-54,57-60,75-80H,11-26,61-70H2,1-2H3/t27-,28-,33-,34-,35?,36?,37?,38?,39-,40-,41-,42-,43-,44-,45-,46-,47?,48?,49+,50+,51?,52?,53+,54+,57?,58?,59?,60?/m1/s1. The van der Waals surface area contributed by atoms with Gasteiger partial charge in [0.1, 0.15) is 48.8 Å². The van der Waals surface area contributed by atoms with E-state index in [1.807, 2.05) is 50.2 Å². The molecule has 30 heteroatoms. The van der Waals surface area contributed by atoms with Crippen LogP contribution < -0.4 is 57.3 Å². The Morgan fingerprint density at radius 3 is 1.10 bits per heavy atom. The van der Waals surface area contributed by atoms with Crippen molar-refractivity contribution in [3.63, 3.8) is 0 Å². The summed E-state index contributed by atoms with van der Waals surface area (Å²) in [5, 5.41) is 67.0. The molecule has 0 radical (unpaired) electrons. The van der Waals surface area contributed by atoms with Crippen molar-refractivity contribution < 1.29 is 78.1 Å². The highest BCUT2D eigenvalue weighted by atomic mass is 16.7. The summed E-state index contributed by atoms with van der Waals surface area (Å²) in [6.45, 7) is 8.40. The predicted octanol–water partition coefficient (Wildman–Crippen LogP) is -7.13. The van der Waals surface area contributed by atoms with E-state index in [2.05, 4.69) is 9.80 Å². The van der Waals surface area contributed by atoms with Crippen LogP contribution in [-0.4, -0.2) is 300 Å². The molecule has 2 saturated carbocycles. The largest absolute Gasteiger partial charge is 0.390 e. The maximum atomic E-state index is 14.5. The summed E-state index contributed by atoms with van der Waals surface area (Å²) < 4.78 is 49.0. The van der Waals surface area contributed by atoms with Crippen LogP contribution in [0.3, 0.4) is 0 Å². The molecule has 2 aromatic rings. The molecular formula is C60H100N14O16. The fourth-order valence-electron chi connectivity index (χ4n) is 14.5. The molecule has 8 aliphatic rings. The Morgan fingerprint density at radius 1 is 0.444 bits per heavy atom. The van der Waals surface area contributed by atoms with Crippen molar-refractivity contribution in [2.24, 2.45) is 69.2 Å². The van der Waals surface area contributed by atoms with Gasteiger partial charge in [-0.1, -0.05) is 36.4 Å². The number of rotatable bonds is 17. The smallest absolute Gasteiger partial charge is 0.254 e. The molecule has 6 heterocycles. The van der Waals surface area contributed by atoms with Gasteiger partial charge in [-0.3, -0.25) is 19.4 Å². The fourth-order valence-corrected chi connectivity index (χ4v) is 14.5.